The van der Waals surface area contributed by atoms with Crippen molar-refractivity contribution in [3.8, 4) is 0 Å². The number of nitrogens with one attached hydrogen (secondary N) is 1. The lowest BCUT2D eigenvalue weighted by Gasteiger charge is -2.34. The van der Waals surface area contributed by atoms with Crippen LogP contribution in [0.5, 0.6) is 0 Å². The third-order valence-electron chi connectivity index (χ3n) is 6.72. The van der Waals surface area contributed by atoms with Crippen molar-refractivity contribution in [1.29, 1.82) is 0 Å². The molecule has 3 heterocycles. The van der Waals surface area contributed by atoms with Crippen molar-refractivity contribution in [2.24, 2.45) is 5.92 Å². The molecule has 1 N–H and O–H groups in total. The number of aromatic nitrogens is 2. The fourth-order valence-corrected chi connectivity index (χ4v) is 4.47. The lowest BCUT2D eigenvalue weighted by Crippen LogP contribution is -2.47. The molecule has 2 saturated heterocycles. The summed E-state index contributed by atoms with van der Waals surface area (Å²) >= 11 is 0. The van der Waals surface area contributed by atoms with Gasteiger partial charge in [-0.25, -0.2) is 14.2 Å². The minimum Gasteiger partial charge on any atom is -0.447 e. The van der Waals surface area contributed by atoms with Gasteiger partial charge in [0.2, 0.25) is 11.9 Å². The van der Waals surface area contributed by atoms with E-state index in [4.69, 9.17) is 4.74 Å². The molecule has 1 aromatic heterocycles. The molecule has 2 fully saturated rings. The molecule has 2 atom stereocenters. The van der Waals surface area contributed by atoms with Crippen LogP contribution in [0.3, 0.4) is 0 Å². The Bertz CT molecular complexity index is 1100. The Labute approximate surface area is 210 Å². The second-order valence-electron chi connectivity index (χ2n) is 9.54. The van der Waals surface area contributed by atoms with Crippen LogP contribution < -0.4 is 10.2 Å². The standard InChI is InChI=1S/C26H33FN6O3/c1-5-23(34)32-12-10-31(11-13-32)15-19-6-8-20(9-7-19)18(4)29-25-28-14-21(27)24(30-25)33-22(17(2)3)16-36-26(33)35/h5-9,14,17-18,22H,1,10-13,15-16H2,2-4H3,(H,28,29,30)/t18-,22+/m0/s1. The zero-order valence-corrected chi connectivity index (χ0v) is 21.0. The van der Waals surface area contributed by atoms with Crippen LogP contribution in [-0.2, 0) is 16.1 Å². The van der Waals surface area contributed by atoms with Gasteiger partial charge in [-0.05, 0) is 30.0 Å². The Kier molecular flexibility index (Phi) is 7.83. The Morgan fingerprint density at radius 3 is 2.56 bits per heavy atom. The summed E-state index contributed by atoms with van der Waals surface area (Å²) in [6.07, 6.45) is 1.84. The summed E-state index contributed by atoms with van der Waals surface area (Å²) in [7, 11) is 0. The quantitative estimate of drug-likeness (QED) is 0.559. The topological polar surface area (TPSA) is 90.9 Å². The van der Waals surface area contributed by atoms with Gasteiger partial charge >= 0.3 is 6.09 Å². The van der Waals surface area contributed by atoms with Crippen LogP contribution in [0, 0.1) is 11.7 Å². The highest BCUT2D eigenvalue weighted by Crippen LogP contribution is 2.29. The zero-order chi connectivity index (χ0) is 25.8. The highest BCUT2D eigenvalue weighted by Gasteiger charge is 2.38. The summed E-state index contributed by atoms with van der Waals surface area (Å²) in [5, 5.41) is 3.21. The third-order valence-corrected chi connectivity index (χ3v) is 6.72. The van der Waals surface area contributed by atoms with E-state index < -0.39 is 11.9 Å². The number of rotatable bonds is 8. The van der Waals surface area contributed by atoms with Gasteiger partial charge in [0.15, 0.2) is 11.6 Å². The number of carbonyl (C=O) groups excluding carboxylic acids is 2. The lowest BCUT2D eigenvalue weighted by molar-refractivity contribution is -0.127. The number of amides is 2. The van der Waals surface area contributed by atoms with Gasteiger partial charge in [0.25, 0.3) is 0 Å². The molecule has 0 radical (unpaired) electrons. The van der Waals surface area contributed by atoms with Gasteiger partial charge in [0.1, 0.15) is 6.61 Å². The third kappa shape index (κ3) is 5.64. The fourth-order valence-electron chi connectivity index (χ4n) is 4.47. The summed E-state index contributed by atoms with van der Waals surface area (Å²) in [6, 6.07) is 7.82. The Balaban J connectivity index is 1.38. The molecule has 192 valence electrons. The number of carbonyl (C=O) groups is 2. The molecule has 2 aliphatic rings. The number of hydrogen-bond donors (Lipinski definition) is 1. The van der Waals surface area contributed by atoms with Crippen molar-refractivity contribution >= 4 is 23.8 Å². The van der Waals surface area contributed by atoms with E-state index in [1.807, 2.05) is 37.8 Å². The van der Waals surface area contributed by atoms with E-state index in [9.17, 15) is 14.0 Å². The highest BCUT2D eigenvalue weighted by atomic mass is 19.1. The summed E-state index contributed by atoms with van der Waals surface area (Å²) < 4.78 is 19.7. The number of hydrogen-bond acceptors (Lipinski definition) is 7. The molecule has 2 amide bonds. The van der Waals surface area contributed by atoms with Crippen molar-refractivity contribution < 1.29 is 18.7 Å². The monoisotopic (exact) mass is 496 g/mol. The SMILES string of the molecule is C=CC(=O)N1CCN(Cc2ccc([C@H](C)Nc3ncc(F)c(N4C(=O)OC[C@@H]4C(C)C)n3)cc2)CC1. The first-order valence-corrected chi connectivity index (χ1v) is 12.2. The molecule has 0 saturated carbocycles. The number of benzene rings is 1. The number of halogens is 1. The van der Waals surface area contributed by atoms with Crippen molar-refractivity contribution in [3.05, 3.63) is 60.1 Å². The number of ether oxygens (including phenoxy) is 1. The number of anilines is 2. The normalized spacial score (nSPS) is 19.4. The van der Waals surface area contributed by atoms with E-state index in [-0.39, 0.29) is 42.3 Å². The van der Waals surface area contributed by atoms with Gasteiger partial charge in [0, 0.05) is 32.7 Å². The summed E-state index contributed by atoms with van der Waals surface area (Å²) in [5.74, 6) is -0.448. The first-order chi connectivity index (χ1) is 17.3. The fraction of sp³-hybridized carbons (Fsp3) is 0.462. The highest BCUT2D eigenvalue weighted by molar-refractivity contribution is 5.89. The van der Waals surface area contributed by atoms with E-state index >= 15 is 0 Å². The average molecular weight is 497 g/mol. The van der Waals surface area contributed by atoms with Crippen molar-refractivity contribution in [1.82, 2.24) is 19.8 Å². The summed E-state index contributed by atoms with van der Waals surface area (Å²) in [5.41, 5.74) is 2.21. The molecule has 0 aliphatic carbocycles. The maximum atomic E-state index is 14.6. The van der Waals surface area contributed by atoms with Gasteiger partial charge in [-0.3, -0.25) is 14.6 Å². The van der Waals surface area contributed by atoms with E-state index in [2.05, 4.69) is 38.9 Å². The number of nitrogens with zero attached hydrogens (tertiary/aromatic N) is 5. The molecule has 9 nitrogen and oxygen atoms in total. The van der Waals surface area contributed by atoms with E-state index in [0.29, 0.717) is 13.1 Å². The van der Waals surface area contributed by atoms with Gasteiger partial charge in [0.05, 0.1) is 18.3 Å². The Morgan fingerprint density at radius 1 is 1.22 bits per heavy atom. The number of piperazine rings is 1. The van der Waals surface area contributed by atoms with E-state index in [1.54, 1.807) is 0 Å². The van der Waals surface area contributed by atoms with Crippen LogP contribution in [0.4, 0.5) is 21.0 Å². The van der Waals surface area contributed by atoms with Crippen molar-refractivity contribution in [2.45, 2.75) is 39.4 Å². The molecule has 2 aromatic rings. The minimum absolute atomic E-state index is 0.0159. The maximum absolute atomic E-state index is 14.6. The first kappa shape index (κ1) is 25.6. The van der Waals surface area contributed by atoms with Crippen molar-refractivity contribution in [3.63, 3.8) is 0 Å². The summed E-state index contributed by atoms with van der Waals surface area (Å²) in [4.78, 5) is 37.8. The molecule has 0 unspecified atom stereocenters. The smallest absolute Gasteiger partial charge is 0.416 e. The molecule has 4 rings (SSSR count). The zero-order valence-electron chi connectivity index (χ0n) is 21.0. The summed E-state index contributed by atoms with van der Waals surface area (Å²) in [6.45, 7) is 13.5. The van der Waals surface area contributed by atoms with Gasteiger partial charge in [-0.2, -0.15) is 4.98 Å². The van der Waals surface area contributed by atoms with Crippen LogP contribution in [0.1, 0.15) is 37.9 Å². The first-order valence-electron chi connectivity index (χ1n) is 12.2. The van der Waals surface area contributed by atoms with Gasteiger partial charge < -0.3 is 15.0 Å². The molecule has 0 spiro atoms. The van der Waals surface area contributed by atoms with Crippen LogP contribution >= 0.6 is 0 Å². The average Bonchev–Trinajstić information content (AvgIpc) is 3.27. The van der Waals surface area contributed by atoms with Crippen LogP contribution in [-0.4, -0.2) is 70.6 Å². The second-order valence-corrected chi connectivity index (χ2v) is 9.54. The van der Waals surface area contributed by atoms with Crippen LogP contribution in [0.25, 0.3) is 0 Å². The largest absolute Gasteiger partial charge is 0.447 e. The lowest BCUT2D eigenvalue weighted by atomic mass is 10.0. The molecular weight excluding hydrogens is 463 g/mol. The maximum Gasteiger partial charge on any atom is 0.416 e. The molecule has 36 heavy (non-hydrogen) atoms. The molecule has 0 bridgehead atoms. The van der Waals surface area contributed by atoms with Crippen LogP contribution in [0.2, 0.25) is 0 Å². The molecule has 2 aliphatic heterocycles. The van der Waals surface area contributed by atoms with Gasteiger partial charge in [-0.15, -0.1) is 0 Å². The Hall–Kier alpha value is -3.53. The molecular formula is C26H33FN6O3. The van der Waals surface area contributed by atoms with Crippen LogP contribution in [0.15, 0.2) is 43.1 Å². The van der Waals surface area contributed by atoms with E-state index in [0.717, 1.165) is 31.4 Å². The number of cyclic esters (lactones) is 1. The van der Waals surface area contributed by atoms with Crippen molar-refractivity contribution in [2.75, 3.05) is 43.0 Å². The minimum atomic E-state index is -0.670. The molecule has 10 heteroatoms. The second kappa shape index (κ2) is 11.0. The van der Waals surface area contributed by atoms with Gasteiger partial charge in [-0.1, -0.05) is 44.7 Å². The predicted molar refractivity (Wildman–Crippen MR) is 135 cm³/mol. The Morgan fingerprint density at radius 2 is 1.92 bits per heavy atom. The molecule has 1 aromatic carbocycles. The predicted octanol–water partition coefficient (Wildman–Crippen LogP) is 3.60. The van der Waals surface area contributed by atoms with E-state index in [1.165, 1.54) is 16.5 Å².